The summed E-state index contributed by atoms with van der Waals surface area (Å²) >= 11 is 0. The van der Waals surface area contributed by atoms with E-state index in [1.165, 1.54) is 11.1 Å². The van der Waals surface area contributed by atoms with Gasteiger partial charge in [-0.05, 0) is 49.6 Å². The molecule has 2 aromatic carbocycles. The average molecular weight is 266 g/mol. The van der Waals surface area contributed by atoms with Gasteiger partial charge in [0.1, 0.15) is 0 Å². The van der Waals surface area contributed by atoms with E-state index in [1.54, 1.807) is 0 Å². The molecule has 3 rings (SSSR count). The maximum Gasteiger partial charge on any atom is 0.258 e. The number of nitrogens with two attached hydrogens (primary N) is 1. The molecule has 2 N–H and O–H groups in total. The fraction of sp³-hybridized carbons (Fsp3) is 0.235. The summed E-state index contributed by atoms with van der Waals surface area (Å²) in [5.74, 6) is 0.0619. The van der Waals surface area contributed by atoms with Crippen molar-refractivity contribution in [3.05, 3.63) is 58.7 Å². The Balaban J connectivity index is 1.99. The van der Waals surface area contributed by atoms with Gasteiger partial charge in [-0.1, -0.05) is 23.8 Å². The Hall–Kier alpha value is -2.29. The first-order chi connectivity index (χ1) is 9.56. The Morgan fingerprint density at radius 2 is 1.95 bits per heavy atom. The molecule has 0 radical (unpaired) electrons. The van der Waals surface area contributed by atoms with Gasteiger partial charge >= 0.3 is 0 Å². The molecule has 1 heterocycles. The zero-order valence-electron chi connectivity index (χ0n) is 11.8. The number of fused-ring (bicyclic) bond motifs is 1. The molecule has 1 aliphatic rings. The third-order valence-corrected chi connectivity index (χ3v) is 3.86. The largest absolute Gasteiger partial charge is 0.399 e. The molecule has 1 amide bonds. The fourth-order valence-corrected chi connectivity index (χ4v) is 2.81. The molecule has 2 aromatic rings. The van der Waals surface area contributed by atoms with Gasteiger partial charge in [0.2, 0.25) is 0 Å². The lowest BCUT2D eigenvalue weighted by Gasteiger charge is -2.19. The van der Waals surface area contributed by atoms with Crippen LogP contribution in [0.2, 0.25) is 0 Å². The lowest BCUT2D eigenvalue weighted by Crippen LogP contribution is -2.29. The molecule has 0 saturated carbocycles. The molecule has 102 valence electrons. The molecule has 0 saturated heterocycles. The molecule has 0 spiro atoms. The van der Waals surface area contributed by atoms with Crippen molar-refractivity contribution < 1.29 is 4.79 Å². The van der Waals surface area contributed by atoms with Gasteiger partial charge in [0.25, 0.3) is 5.91 Å². The molecule has 20 heavy (non-hydrogen) atoms. The van der Waals surface area contributed by atoms with E-state index in [4.69, 9.17) is 5.73 Å². The summed E-state index contributed by atoms with van der Waals surface area (Å²) in [6.45, 7) is 4.74. The summed E-state index contributed by atoms with van der Waals surface area (Å²) < 4.78 is 0. The maximum absolute atomic E-state index is 12.7. The number of carbonyl (C=O) groups is 1. The summed E-state index contributed by atoms with van der Waals surface area (Å²) in [7, 11) is 0. The predicted octanol–water partition coefficient (Wildman–Crippen LogP) is 3.09. The molecule has 0 aliphatic carbocycles. The van der Waals surface area contributed by atoms with Gasteiger partial charge in [0.05, 0.1) is 0 Å². The second kappa shape index (κ2) is 4.67. The van der Waals surface area contributed by atoms with Crippen molar-refractivity contribution in [1.29, 1.82) is 0 Å². The molecule has 0 bridgehead atoms. The minimum atomic E-state index is 0.0619. The zero-order valence-corrected chi connectivity index (χ0v) is 11.8. The average Bonchev–Trinajstić information content (AvgIpc) is 2.81. The Kier molecular flexibility index (Phi) is 2.97. The summed E-state index contributed by atoms with van der Waals surface area (Å²) in [5, 5.41) is 0. The Morgan fingerprint density at radius 1 is 1.15 bits per heavy atom. The second-order valence-corrected chi connectivity index (χ2v) is 5.41. The summed E-state index contributed by atoms with van der Waals surface area (Å²) in [6, 6.07) is 11.7. The van der Waals surface area contributed by atoms with Crippen molar-refractivity contribution in [1.82, 2.24) is 0 Å². The summed E-state index contributed by atoms with van der Waals surface area (Å²) in [4.78, 5) is 14.6. The minimum Gasteiger partial charge on any atom is -0.399 e. The normalized spacial score (nSPS) is 13.4. The summed E-state index contributed by atoms with van der Waals surface area (Å²) in [6.07, 6.45) is 0.895. The van der Waals surface area contributed by atoms with Gasteiger partial charge in [-0.25, -0.2) is 0 Å². The van der Waals surface area contributed by atoms with Crippen LogP contribution in [0.25, 0.3) is 0 Å². The number of hydrogen-bond donors (Lipinski definition) is 1. The van der Waals surface area contributed by atoms with Gasteiger partial charge in [-0.15, -0.1) is 0 Å². The van der Waals surface area contributed by atoms with E-state index in [0.717, 1.165) is 29.8 Å². The van der Waals surface area contributed by atoms with E-state index < -0.39 is 0 Å². The molecular weight excluding hydrogens is 248 g/mol. The molecule has 0 unspecified atom stereocenters. The molecule has 0 fully saturated rings. The molecule has 0 atom stereocenters. The number of benzene rings is 2. The standard InChI is InChI=1S/C17H18N2O/c1-11-3-6-15(12(2)9-11)17(20)19-8-7-13-4-5-14(18)10-16(13)19/h3-6,9-10H,7-8,18H2,1-2H3. The fourth-order valence-electron chi connectivity index (χ4n) is 2.81. The first kappa shape index (κ1) is 12.7. The lowest BCUT2D eigenvalue weighted by molar-refractivity contribution is 0.0989. The van der Waals surface area contributed by atoms with E-state index in [1.807, 2.05) is 55.1 Å². The van der Waals surface area contributed by atoms with Gasteiger partial charge in [-0.3, -0.25) is 4.79 Å². The monoisotopic (exact) mass is 266 g/mol. The summed E-state index contributed by atoms with van der Waals surface area (Å²) in [5.41, 5.74) is 11.6. The Morgan fingerprint density at radius 3 is 2.70 bits per heavy atom. The van der Waals surface area contributed by atoms with Crippen LogP contribution in [-0.4, -0.2) is 12.5 Å². The van der Waals surface area contributed by atoms with Crippen LogP contribution in [0.15, 0.2) is 36.4 Å². The Labute approximate surface area is 119 Å². The number of anilines is 2. The first-order valence-corrected chi connectivity index (χ1v) is 6.84. The van der Waals surface area contributed by atoms with Crippen molar-refractivity contribution in [3.8, 4) is 0 Å². The van der Waals surface area contributed by atoms with Crippen molar-refractivity contribution in [2.45, 2.75) is 20.3 Å². The molecule has 3 nitrogen and oxygen atoms in total. The van der Waals surface area contributed by atoms with E-state index in [-0.39, 0.29) is 5.91 Å². The van der Waals surface area contributed by atoms with Crippen LogP contribution in [0.1, 0.15) is 27.0 Å². The topological polar surface area (TPSA) is 46.3 Å². The lowest BCUT2D eigenvalue weighted by atomic mass is 10.0. The van der Waals surface area contributed by atoms with Crippen molar-refractivity contribution >= 4 is 17.3 Å². The molecule has 1 aliphatic heterocycles. The predicted molar refractivity (Wildman–Crippen MR) is 82.2 cm³/mol. The third kappa shape index (κ3) is 2.05. The minimum absolute atomic E-state index is 0.0619. The Bertz CT molecular complexity index is 691. The first-order valence-electron chi connectivity index (χ1n) is 6.84. The quantitative estimate of drug-likeness (QED) is 0.806. The van der Waals surface area contributed by atoms with Crippen molar-refractivity contribution in [3.63, 3.8) is 0 Å². The number of hydrogen-bond acceptors (Lipinski definition) is 2. The van der Waals surface area contributed by atoms with Crippen LogP contribution in [-0.2, 0) is 6.42 Å². The smallest absolute Gasteiger partial charge is 0.258 e. The molecule has 3 heteroatoms. The van der Waals surface area contributed by atoms with Gasteiger partial charge < -0.3 is 10.6 Å². The van der Waals surface area contributed by atoms with Crippen molar-refractivity contribution in [2.75, 3.05) is 17.2 Å². The van der Waals surface area contributed by atoms with Crippen LogP contribution in [0, 0.1) is 13.8 Å². The van der Waals surface area contributed by atoms with Gasteiger partial charge in [0, 0.05) is 23.5 Å². The highest BCUT2D eigenvalue weighted by atomic mass is 16.2. The molecular formula is C17H18N2O. The number of amides is 1. The molecule has 0 aromatic heterocycles. The highest BCUT2D eigenvalue weighted by Crippen LogP contribution is 2.31. The van der Waals surface area contributed by atoms with Crippen molar-refractivity contribution in [2.24, 2.45) is 0 Å². The number of nitrogen functional groups attached to an aromatic ring is 1. The van der Waals surface area contributed by atoms with Crippen LogP contribution >= 0.6 is 0 Å². The second-order valence-electron chi connectivity index (χ2n) is 5.41. The van der Waals surface area contributed by atoms with E-state index in [9.17, 15) is 4.79 Å². The van der Waals surface area contributed by atoms with Crippen LogP contribution in [0.3, 0.4) is 0 Å². The van der Waals surface area contributed by atoms with Crippen LogP contribution < -0.4 is 10.6 Å². The third-order valence-electron chi connectivity index (χ3n) is 3.86. The van der Waals surface area contributed by atoms with E-state index in [2.05, 4.69) is 0 Å². The van der Waals surface area contributed by atoms with E-state index in [0.29, 0.717) is 5.69 Å². The highest BCUT2D eigenvalue weighted by Gasteiger charge is 2.26. The van der Waals surface area contributed by atoms with E-state index >= 15 is 0 Å². The number of aryl methyl sites for hydroxylation is 2. The number of rotatable bonds is 1. The maximum atomic E-state index is 12.7. The zero-order chi connectivity index (χ0) is 14.3. The SMILES string of the molecule is Cc1ccc(C(=O)N2CCc3ccc(N)cc32)c(C)c1. The van der Waals surface area contributed by atoms with Gasteiger partial charge in [0.15, 0.2) is 0 Å². The number of nitrogens with zero attached hydrogens (tertiary/aromatic N) is 1. The number of carbonyl (C=O) groups excluding carboxylic acids is 1. The van der Waals surface area contributed by atoms with Crippen LogP contribution in [0.4, 0.5) is 11.4 Å². The highest BCUT2D eigenvalue weighted by molar-refractivity contribution is 6.08. The van der Waals surface area contributed by atoms with Gasteiger partial charge in [-0.2, -0.15) is 0 Å². The van der Waals surface area contributed by atoms with Crippen LogP contribution in [0.5, 0.6) is 0 Å².